The van der Waals surface area contributed by atoms with Gasteiger partial charge in [-0.3, -0.25) is 32.2 Å². The van der Waals surface area contributed by atoms with Gasteiger partial charge < -0.3 is 40.7 Å². The minimum absolute atomic E-state index is 0.00337. The molecule has 0 amide bonds. The van der Waals surface area contributed by atoms with E-state index in [0.29, 0.717) is 113 Å². The third kappa shape index (κ3) is 21.5. The number of halogens is 6. The number of hydrogen-bond donors (Lipinski definition) is 0. The fourth-order valence-corrected chi connectivity index (χ4v) is 13.7. The molecule has 147 heavy (non-hydrogen) atoms. The molecule has 22 aromatic rings. The summed E-state index contributed by atoms with van der Waals surface area (Å²) in [6, 6.07) is 42.8. The van der Waals surface area contributed by atoms with Crippen LogP contribution in [0.15, 0.2) is 338 Å². The van der Waals surface area contributed by atoms with Crippen LogP contribution in [0.3, 0.4) is 0 Å². The van der Waals surface area contributed by atoms with Gasteiger partial charge in [0.05, 0.1) is 96.6 Å². The van der Waals surface area contributed by atoms with E-state index in [9.17, 15) is 50.7 Å². The summed E-state index contributed by atoms with van der Waals surface area (Å²) in [5, 5.41) is 58.0. The van der Waals surface area contributed by atoms with Crippen molar-refractivity contribution in [3.63, 3.8) is 0 Å². The second-order valence-electron chi connectivity index (χ2n) is 30.1. The Labute approximate surface area is 817 Å². The Balaban J connectivity index is 0.000000111. The van der Waals surface area contributed by atoms with Gasteiger partial charge in [-0.25, -0.2) is 92.6 Å². The van der Waals surface area contributed by atoms with E-state index in [4.69, 9.17) is 52.8 Å². The van der Waals surface area contributed by atoms with Crippen LogP contribution in [0.2, 0.25) is 5.02 Å². The lowest BCUT2D eigenvalue weighted by Crippen LogP contribution is -2.17. The van der Waals surface area contributed by atoms with E-state index in [2.05, 4.69) is 126 Å². The highest BCUT2D eigenvalue weighted by molar-refractivity contribution is 6.31. The number of nitrogens with zero attached hydrogens (tertiary/aromatic N) is 31. The Morgan fingerprint density at radius 1 is 0.333 bits per heavy atom. The summed E-state index contributed by atoms with van der Waals surface area (Å²) in [5.41, 5.74) is 1.32. The van der Waals surface area contributed by atoms with Gasteiger partial charge in [-0.15, -0.1) is 74.4 Å². The van der Waals surface area contributed by atoms with Crippen molar-refractivity contribution in [3.05, 3.63) is 372 Å². The van der Waals surface area contributed by atoms with Gasteiger partial charge in [-0.05, 0) is 164 Å². The number of ether oxygens (including phenoxy) is 3. The van der Waals surface area contributed by atoms with Crippen LogP contribution in [0, 0.1) is 29.9 Å². The molecule has 0 N–H and O–H groups in total. The van der Waals surface area contributed by atoms with Crippen LogP contribution in [0.1, 0.15) is 11.1 Å². The lowest BCUT2D eigenvalue weighted by Gasteiger charge is -2.09. The molecule has 24 rings (SSSR count). The summed E-state index contributed by atoms with van der Waals surface area (Å²) in [7, 11) is 3.08. The van der Waals surface area contributed by atoms with Crippen LogP contribution in [0.25, 0.3) is 170 Å². The summed E-state index contributed by atoms with van der Waals surface area (Å²) in [6.07, 6.45) is 26.1. The standard InChI is InChI=1S/C16H8F3N5O3.C16H10FN5O2.C16H8N6O2.2C16H11N5O3.C15H7ClFN5O2/c17-16(18,19)27-9-1-2-11-10(7-9)15(25)26-14(21-11)12-3-4-13(23-22-12)24-6-5-20-8-24;1-9-6-13-10(7-11(9)17)16(23)24-15(19-13)12-2-3-14(21-20-12)22-5-4-18-8-22;17-7-10-5-13-11(14(23)6-10)8-24-16(19-13)12-1-2-15(21-20-12)22-4-3-18-9-22;1-23-10-2-3-12-11(8-10)16(22)24-15(18-12)13-4-5-14(20-19-13)21-7-6-17-9-21;1-23-10-2-3-11-13(8-10)18-15(24-16(11)22)12-4-5-14(20-19-12)21-7-6-17-9-21;16-9-6-12-8(5-10(9)17)15(23)24-14(19-12)11-1-2-13(21-20-11)22-4-3-18-7-22/h1-8H;2-8H,1H3;1-6,8-9H;2*2-9H,1H3;1-7H. The fourth-order valence-electron chi connectivity index (χ4n) is 13.5. The molecule has 18 heterocycles. The zero-order valence-corrected chi connectivity index (χ0v) is 75.6. The Morgan fingerprint density at radius 2 is 0.653 bits per heavy atom. The van der Waals surface area contributed by atoms with Crippen molar-refractivity contribution in [2.24, 2.45) is 0 Å². The molecule has 2 aliphatic rings. The minimum Gasteiger partial charge on any atom is -0.497 e. The van der Waals surface area contributed by atoms with E-state index in [0.717, 1.165) is 24.3 Å². The first-order valence-corrected chi connectivity index (χ1v) is 42.6. The zero-order valence-electron chi connectivity index (χ0n) is 74.8. The molecule has 46 nitrogen and oxygen atoms in total. The van der Waals surface area contributed by atoms with Crippen molar-refractivity contribution in [1.82, 2.24) is 148 Å². The Kier molecular flexibility index (Phi) is 26.7. The molecule has 0 atom stereocenters. The SMILES string of the molecule is COc1ccc2c(=O)oc(-c3ccc(-n4ccnc4)nn3)nc2c1.COc1ccc2nc(-c3ccc(-n4ccnc4)nn3)oc(=O)c2c1.Cc1cc2nc(-c3ccc(-n4ccnc4)nn3)oc(=O)c2cc1F.N#Cc1cc2nc(-c3ccc(-n4ccnc4)nn3)occ-2c(=O)c1.O=c1oc(-c2ccc(-n3ccnc3)nn2)nc2cc(Cl)c(F)cc12.O=c1oc(-c2ccc(-n3ccnc3)nn2)nc2ccc(OC(F)(F)F)cc12. The van der Waals surface area contributed by atoms with Crippen molar-refractivity contribution in [2.45, 2.75) is 13.3 Å². The Bertz CT molecular complexity index is 9130. The van der Waals surface area contributed by atoms with E-state index in [-0.39, 0.29) is 89.9 Å². The average Bonchev–Trinajstić information content (AvgIpc) is 1.70. The van der Waals surface area contributed by atoms with Crippen molar-refractivity contribution >= 4 is 66.1 Å². The van der Waals surface area contributed by atoms with Gasteiger partial charge in [0.1, 0.15) is 107 Å². The fraction of sp³-hybridized carbons (Fsp3) is 0.0421. The van der Waals surface area contributed by atoms with Gasteiger partial charge in [0.2, 0.25) is 5.89 Å². The predicted octanol–water partition coefficient (Wildman–Crippen LogP) is 13.0. The van der Waals surface area contributed by atoms with Crippen molar-refractivity contribution < 1.29 is 62.7 Å². The van der Waals surface area contributed by atoms with Gasteiger partial charge in [-0.2, -0.15) is 5.26 Å². The van der Waals surface area contributed by atoms with Gasteiger partial charge in [0, 0.05) is 86.5 Å². The summed E-state index contributed by atoms with van der Waals surface area (Å²) >= 11 is 5.73. The number of imidazole rings is 6. The molecular weight excluding hydrogens is 1950 g/mol. The molecule has 0 bridgehead atoms. The van der Waals surface area contributed by atoms with Crippen molar-refractivity contribution in [1.29, 1.82) is 5.26 Å². The van der Waals surface area contributed by atoms with Crippen LogP contribution in [-0.4, -0.2) is 169 Å². The molecule has 0 fully saturated rings. The number of fused-ring (bicyclic) bond motifs is 6. The maximum Gasteiger partial charge on any atom is 0.573 e. The number of aromatic nitrogens is 30. The predicted molar refractivity (Wildman–Crippen MR) is 504 cm³/mol. The molecule has 1 aliphatic heterocycles. The summed E-state index contributed by atoms with van der Waals surface area (Å²) in [5.74, 6) is 3.16. The molecule has 0 saturated heterocycles. The van der Waals surface area contributed by atoms with E-state index in [1.807, 2.05) is 6.07 Å². The van der Waals surface area contributed by atoms with Crippen molar-refractivity contribution in [2.75, 3.05) is 14.2 Å². The quantitative estimate of drug-likeness (QED) is 0.0860. The molecule has 0 spiro atoms. The van der Waals surface area contributed by atoms with E-state index >= 15 is 0 Å². The normalized spacial score (nSPS) is 11.0. The van der Waals surface area contributed by atoms with E-state index < -0.39 is 51.9 Å². The topological polar surface area (TPSA) is 572 Å². The molecular formula is C95H55ClF5N31O15. The average molecular weight is 2000 g/mol. The number of benzene rings is 6. The monoisotopic (exact) mass is 2000 g/mol. The smallest absolute Gasteiger partial charge is 0.497 e. The second kappa shape index (κ2) is 41.4. The number of methoxy groups -OCH3 is 2. The molecule has 1 aliphatic carbocycles. The van der Waals surface area contributed by atoms with Gasteiger partial charge in [0.15, 0.2) is 40.3 Å². The van der Waals surface area contributed by atoms with E-state index in [1.165, 1.54) is 43.7 Å². The lowest BCUT2D eigenvalue weighted by atomic mass is 10.1. The maximum absolute atomic E-state index is 13.6. The third-order valence-electron chi connectivity index (χ3n) is 20.7. The van der Waals surface area contributed by atoms with E-state index in [1.54, 1.807) is 263 Å². The summed E-state index contributed by atoms with van der Waals surface area (Å²) in [6.45, 7) is 1.60. The van der Waals surface area contributed by atoms with Crippen LogP contribution in [0.5, 0.6) is 17.2 Å². The number of aryl methyl sites for hydroxylation is 1. The molecule has 52 heteroatoms. The Morgan fingerprint density at radius 3 is 1.00 bits per heavy atom. The number of rotatable bonds is 15. The zero-order chi connectivity index (χ0) is 102. The Hall–Kier alpha value is -21.3. The highest BCUT2D eigenvalue weighted by Crippen LogP contribution is 2.31. The minimum atomic E-state index is -4.87. The highest BCUT2D eigenvalue weighted by atomic mass is 35.5. The van der Waals surface area contributed by atoms with Gasteiger partial charge in [0.25, 0.3) is 29.5 Å². The molecule has 0 unspecified atom stereocenters. The highest BCUT2D eigenvalue weighted by Gasteiger charge is 2.32. The first kappa shape index (κ1) is 94.7. The number of hydrogen-bond acceptors (Lipinski definition) is 40. The van der Waals surface area contributed by atoms with Crippen LogP contribution < -0.4 is 47.8 Å². The first-order chi connectivity index (χ1) is 71.3. The summed E-state index contributed by atoms with van der Waals surface area (Å²) < 4.78 is 119. The van der Waals surface area contributed by atoms with Crippen LogP contribution >= 0.6 is 11.6 Å². The lowest BCUT2D eigenvalue weighted by molar-refractivity contribution is -0.274. The molecule has 0 saturated carbocycles. The third-order valence-corrected chi connectivity index (χ3v) is 21.0. The summed E-state index contributed by atoms with van der Waals surface area (Å²) in [4.78, 5) is 121. The molecule has 0 radical (unpaired) electrons. The van der Waals surface area contributed by atoms with Gasteiger partial charge >= 0.3 is 34.5 Å². The second-order valence-corrected chi connectivity index (χ2v) is 30.5. The maximum atomic E-state index is 13.6. The molecule has 17 aromatic heterocycles. The molecule has 722 valence electrons. The molecule has 5 aromatic carbocycles. The first-order valence-electron chi connectivity index (χ1n) is 42.2. The van der Waals surface area contributed by atoms with Crippen LogP contribution in [0.4, 0.5) is 22.0 Å². The van der Waals surface area contributed by atoms with Crippen molar-refractivity contribution in [3.8, 4) is 139 Å². The largest absolute Gasteiger partial charge is 0.573 e. The number of alkyl halides is 3. The number of nitriles is 1. The van der Waals surface area contributed by atoms with Crippen LogP contribution in [-0.2, 0) is 0 Å². The van der Waals surface area contributed by atoms with Gasteiger partial charge in [-0.1, -0.05) is 11.6 Å².